The second-order valence-corrected chi connectivity index (χ2v) is 3.04. The van der Waals surface area contributed by atoms with Crippen molar-refractivity contribution in [2.24, 2.45) is 10.7 Å². The smallest absolute Gasteiger partial charge is 0.282 e. The minimum atomic E-state index is -0.0360. The van der Waals surface area contributed by atoms with Gasteiger partial charge in [0, 0.05) is 5.56 Å². The van der Waals surface area contributed by atoms with Gasteiger partial charge in [-0.15, -0.1) is 0 Å². The van der Waals surface area contributed by atoms with Crippen LogP contribution < -0.4 is 10.5 Å². The van der Waals surface area contributed by atoms with Crippen LogP contribution in [0, 0.1) is 0 Å². The van der Waals surface area contributed by atoms with E-state index in [1.54, 1.807) is 7.11 Å². The molecule has 0 aromatic heterocycles. The predicted molar refractivity (Wildman–Crippen MR) is 53.3 cm³/mol. The largest absolute Gasteiger partial charge is 0.496 e. The first-order valence-electron chi connectivity index (χ1n) is 4.40. The van der Waals surface area contributed by atoms with E-state index in [0.717, 1.165) is 11.3 Å². The lowest BCUT2D eigenvalue weighted by Gasteiger charge is -2.10. The van der Waals surface area contributed by atoms with Crippen LogP contribution in [0.2, 0.25) is 0 Å². The zero-order valence-electron chi connectivity index (χ0n) is 7.93. The minimum absolute atomic E-state index is 0.0360. The summed E-state index contributed by atoms with van der Waals surface area (Å²) in [4.78, 5) is 4.16. The Morgan fingerprint density at radius 2 is 2.29 bits per heavy atom. The van der Waals surface area contributed by atoms with Crippen molar-refractivity contribution in [3.63, 3.8) is 0 Å². The van der Waals surface area contributed by atoms with Gasteiger partial charge in [0.1, 0.15) is 18.4 Å². The van der Waals surface area contributed by atoms with Gasteiger partial charge < -0.3 is 15.2 Å². The maximum atomic E-state index is 5.44. The van der Waals surface area contributed by atoms with Gasteiger partial charge in [0.15, 0.2) is 0 Å². The number of amidine groups is 1. The molecule has 1 aliphatic rings. The first kappa shape index (κ1) is 8.87. The van der Waals surface area contributed by atoms with Gasteiger partial charge in [0.05, 0.1) is 7.11 Å². The summed E-state index contributed by atoms with van der Waals surface area (Å²) in [6, 6.07) is 7.95. The van der Waals surface area contributed by atoms with Gasteiger partial charge in [-0.2, -0.15) is 0 Å². The van der Waals surface area contributed by atoms with Crippen LogP contribution in [0.5, 0.6) is 5.75 Å². The number of rotatable bonds is 2. The molecule has 0 radical (unpaired) electrons. The Morgan fingerprint density at radius 1 is 1.50 bits per heavy atom. The average Bonchev–Trinajstić information content (AvgIpc) is 2.65. The molecule has 0 aliphatic carbocycles. The molecule has 4 heteroatoms. The van der Waals surface area contributed by atoms with E-state index in [4.69, 9.17) is 15.2 Å². The highest BCUT2D eigenvalue weighted by atomic mass is 16.5. The lowest BCUT2D eigenvalue weighted by atomic mass is 10.1. The van der Waals surface area contributed by atoms with Crippen molar-refractivity contribution in [3.8, 4) is 5.75 Å². The number of hydrogen-bond donors (Lipinski definition) is 1. The second kappa shape index (κ2) is 3.57. The molecule has 1 heterocycles. The van der Waals surface area contributed by atoms with Crippen LogP contribution in [-0.4, -0.2) is 19.7 Å². The summed E-state index contributed by atoms with van der Waals surface area (Å²) >= 11 is 0. The Kier molecular flexibility index (Phi) is 2.26. The molecule has 2 rings (SSSR count). The van der Waals surface area contributed by atoms with Crippen molar-refractivity contribution < 1.29 is 9.47 Å². The molecule has 1 unspecified atom stereocenters. The third kappa shape index (κ3) is 1.51. The first-order valence-corrected chi connectivity index (χ1v) is 4.40. The monoisotopic (exact) mass is 192 g/mol. The Balaban J connectivity index is 2.32. The predicted octanol–water partition coefficient (Wildman–Crippen LogP) is 1.08. The second-order valence-electron chi connectivity index (χ2n) is 3.04. The third-order valence-electron chi connectivity index (χ3n) is 2.17. The molecular weight excluding hydrogens is 180 g/mol. The minimum Gasteiger partial charge on any atom is -0.496 e. The van der Waals surface area contributed by atoms with Crippen molar-refractivity contribution in [1.29, 1.82) is 0 Å². The van der Waals surface area contributed by atoms with Crippen molar-refractivity contribution in [2.45, 2.75) is 6.04 Å². The third-order valence-corrected chi connectivity index (χ3v) is 2.17. The fraction of sp³-hybridized carbons (Fsp3) is 0.300. The molecule has 1 aliphatic heterocycles. The fourth-order valence-corrected chi connectivity index (χ4v) is 1.49. The number of nitrogens with two attached hydrogens (primary N) is 1. The zero-order chi connectivity index (χ0) is 9.97. The summed E-state index contributed by atoms with van der Waals surface area (Å²) in [6.45, 7) is 0.492. The van der Waals surface area contributed by atoms with E-state index in [-0.39, 0.29) is 12.1 Å². The van der Waals surface area contributed by atoms with Crippen LogP contribution in [0.15, 0.2) is 29.3 Å². The Labute approximate surface area is 82.3 Å². The summed E-state index contributed by atoms with van der Waals surface area (Å²) in [7, 11) is 1.64. The Hall–Kier alpha value is -1.71. The molecule has 1 atom stereocenters. The molecule has 14 heavy (non-hydrogen) atoms. The van der Waals surface area contributed by atoms with Crippen molar-refractivity contribution >= 4 is 6.02 Å². The molecule has 0 fully saturated rings. The van der Waals surface area contributed by atoms with Crippen LogP contribution >= 0.6 is 0 Å². The average molecular weight is 192 g/mol. The van der Waals surface area contributed by atoms with Crippen molar-refractivity contribution in [2.75, 3.05) is 13.7 Å². The van der Waals surface area contributed by atoms with Crippen LogP contribution in [0.25, 0.3) is 0 Å². The quantitative estimate of drug-likeness (QED) is 0.762. The SMILES string of the molecule is COc1ccccc1C1COC(N)=N1. The number of para-hydroxylation sites is 1. The summed E-state index contributed by atoms with van der Waals surface area (Å²) in [5.74, 6) is 0.819. The number of benzene rings is 1. The molecule has 2 N–H and O–H groups in total. The van der Waals surface area contributed by atoms with E-state index in [0.29, 0.717) is 6.61 Å². The maximum Gasteiger partial charge on any atom is 0.282 e. The standard InChI is InChI=1S/C10H12N2O2/c1-13-9-5-3-2-4-7(9)8-6-14-10(11)12-8/h2-5,8H,6H2,1H3,(H2,11,12). The number of ether oxygens (including phenoxy) is 2. The van der Waals surface area contributed by atoms with E-state index >= 15 is 0 Å². The molecule has 4 nitrogen and oxygen atoms in total. The summed E-state index contributed by atoms with van der Waals surface area (Å²) in [5, 5.41) is 0. The van der Waals surface area contributed by atoms with E-state index in [1.807, 2.05) is 24.3 Å². The molecule has 74 valence electrons. The molecule has 1 aromatic rings. The van der Waals surface area contributed by atoms with Crippen LogP contribution in [0.3, 0.4) is 0 Å². The number of nitrogens with zero attached hydrogens (tertiary/aromatic N) is 1. The zero-order valence-corrected chi connectivity index (χ0v) is 7.93. The van der Waals surface area contributed by atoms with E-state index in [1.165, 1.54) is 0 Å². The topological polar surface area (TPSA) is 56.8 Å². The summed E-state index contributed by atoms with van der Waals surface area (Å²) < 4.78 is 10.3. The van der Waals surface area contributed by atoms with E-state index in [9.17, 15) is 0 Å². The van der Waals surface area contributed by atoms with Crippen molar-refractivity contribution in [1.82, 2.24) is 0 Å². The summed E-state index contributed by atoms with van der Waals surface area (Å²) in [5.41, 5.74) is 6.45. The summed E-state index contributed by atoms with van der Waals surface area (Å²) in [6.07, 6.45) is 0. The van der Waals surface area contributed by atoms with Crippen molar-refractivity contribution in [3.05, 3.63) is 29.8 Å². The molecule has 0 amide bonds. The van der Waals surface area contributed by atoms with Crippen LogP contribution in [-0.2, 0) is 4.74 Å². The van der Waals surface area contributed by atoms with E-state index in [2.05, 4.69) is 4.99 Å². The highest BCUT2D eigenvalue weighted by Crippen LogP contribution is 2.29. The van der Waals surface area contributed by atoms with Gasteiger partial charge in [0.2, 0.25) is 0 Å². The van der Waals surface area contributed by atoms with Gasteiger partial charge in [-0.1, -0.05) is 18.2 Å². The lowest BCUT2D eigenvalue weighted by Crippen LogP contribution is -2.10. The molecule has 0 saturated heterocycles. The highest BCUT2D eigenvalue weighted by molar-refractivity contribution is 5.73. The Bertz CT molecular complexity index is 363. The first-order chi connectivity index (χ1) is 6.81. The van der Waals surface area contributed by atoms with E-state index < -0.39 is 0 Å². The fourth-order valence-electron chi connectivity index (χ4n) is 1.49. The van der Waals surface area contributed by atoms with Gasteiger partial charge >= 0.3 is 0 Å². The molecule has 1 aromatic carbocycles. The number of methoxy groups -OCH3 is 1. The van der Waals surface area contributed by atoms with Gasteiger partial charge in [-0.25, -0.2) is 4.99 Å². The number of hydrogen-bond acceptors (Lipinski definition) is 4. The molecular formula is C10H12N2O2. The molecule has 0 saturated carbocycles. The Morgan fingerprint density at radius 3 is 2.93 bits per heavy atom. The highest BCUT2D eigenvalue weighted by Gasteiger charge is 2.21. The van der Waals surface area contributed by atoms with Gasteiger partial charge in [-0.3, -0.25) is 0 Å². The normalized spacial score (nSPS) is 20.1. The molecule has 0 spiro atoms. The number of aliphatic imine (C=N–C) groups is 1. The lowest BCUT2D eigenvalue weighted by molar-refractivity contribution is 0.311. The van der Waals surface area contributed by atoms with Gasteiger partial charge in [-0.05, 0) is 6.07 Å². The van der Waals surface area contributed by atoms with Crippen LogP contribution in [0.1, 0.15) is 11.6 Å². The van der Waals surface area contributed by atoms with Crippen LogP contribution in [0.4, 0.5) is 0 Å². The van der Waals surface area contributed by atoms with Gasteiger partial charge in [0.25, 0.3) is 6.02 Å². The molecule has 0 bridgehead atoms. The maximum absolute atomic E-state index is 5.44.